The van der Waals surface area contributed by atoms with E-state index in [1.54, 1.807) is 0 Å². The fraction of sp³-hybridized carbons (Fsp3) is 0.333. The topological polar surface area (TPSA) is 63.6 Å². The summed E-state index contributed by atoms with van der Waals surface area (Å²) in [6.07, 6.45) is 3.02. The van der Waals surface area contributed by atoms with E-state index in [-0.39, 0.29) is 5.75 Å². The van der Waals surface area contributed by atoms with Gasteiger partial charge in [0, 0.05) is 0 Å². The predicted octanol–water partition coefficient (Wildman–Crippen LogP) is 3.87. The predicted molar refractivity (Wildman–Crippen MR) is 91.2 cm³/mol. The van der Waals surface area contributed by atoms with E-state index < -0.39 is 10.1 Å². The Bertz CT molecular complexity index is 696. The van der Waals surface area contributed by atoms with Gasteiger partial charge in [-0.15, -0.1) is 0 Å². The molecule has 0 atom stereocenters. The van der Waals surface area contributed by atoms with Gasteiger partial charge < -0.3 is 4.74 Å². The molecule has 0 spiro atoms. The van der Waals surface area contributed by atoms with Crippen molar-refractivity contribution in [3.63, 3.8) is 0 Å². The molecule has 2 rings (SSSR count). The van der Waals surface area contributed by atoms with Gasteiger partial charge in [0.15, 0.2) is 0 Å². The van der Waals surface area contributed by atoms with E-state index in [1.165, 1.54) is 5.56 Å². The molecule has 0 radical (unpaired) electrons. The van der Waals surface area contributed by atoms with Crippen LogP contribution in [-0.4, -0.2) is 18.7 Å². The average molecular weight is 334 g/mol. The van der Waals surface area contributed by atoms with Crippen LogP contribution in [0, 0.1) is 0 Å². The normalized spacial score (nSPS) is 11.3. The van der Waals surface area contributed by atoms with Crippen LogP contribution in [0.4, 0.5) is 0 Å². The van der Waals surface area contributed by atoms with E-state index in [4.69, 9.17) is 9.29 Å². The quantitative estimate of drug-likeness (QED) is 0.558. The minimum Gasteiger partial charge on any atom is -0.489 e. The van der Waals surface area contributed by atoms with Gasteiger partial charge in [-0.2, -0.15) is 8.42 Å². The maximum absolute atomic E-state index is 10.6. The lowest BCUT2D eigenvalue weighted by Gasteiger charge is -2.08. The summed E-state index contributed by atoms with van der Waals surface area (Å²) in [7, 11) is -3.83. The molecule has 0 aliphatic rings. The standard InChI is InChI=1S/C18H22O4S/c19-23(20,21)13-6-2-5-8-16-11-7-12-18(14-16)22-15-17-9-3-1-4-10-17/h1,3-4,7,9-12,14H,2,5-6,8,13,15H2,(H,19,20,21). The Morgan fingerprint density at radius 1 is 0.870 bits per heavy atom. The maximum atomic E-state index is 10.6. The van der Waals surface area contributed by atoms with Gasteiger partial charge in [-0.25, -0.2) is 0 Å². The summed E-state index contributed by atoms with van der Waals surface area (Å²) >= 11 is 0. The number of unbranched alkanes of at least 4 members (excludes halogenated alkanes) is 2. The molecule has 0 amide bonds. The molecule has 0 saturated carbocycles. The second-order valence-corrected chi connectivity index (χ2v) is 7.09. The number of rotatable bonds is 9. The number of benzene rings is 2. The van der Waals surface area contributed by atoms with Gasteiger partial charge in [-0.1, -0.05) is 48.9 Å². The second kappa shape index (κ2) is 8.70. The molecule has 1 N–H and O–H groups in total. The summed E-state index contributed by atoms with van der Waals surface area (Å²) < 4.78 is 35.7. The third-order valence-electron chi connectivity index (χ3n) is 3.51. The lowest BCUT2D eigenvalue weighted by Crippen LogP contribution is -2.03. The third kappa shape index (κ3) is 7.30. The molecule has 0 unspecified atom stereocenters. The molecular formula is C18H22O4S. The minimum absolute atomic E-state index is 0.159. The summed E-state index contributed by atoms with van der Waals surface area (Å²) in [4.78, 5) is 0. The molecule has 0 aliphatic heterocycles. The summed E-state index contributed by atoms with van der Waals surface area (Å²) in [5, 5.41) is 0. The molecule has 4 nitrogen and oxygen atoms in total. The first-order valence-electron chi connectivity index (χ1n) is 7.74. The summed E-state index contributed by atoms with van der Waals surface area (Å²) in [6, 6.07) is 18.0. The molecule has 0 fully saturated rings. The summed E-state index contributed by atoms with van der Waals surface area (Å²) in [6.45, 7) is 0.540. The smallest absolute Gasteiger partial charge is 0.264 e. The van der Waals surface area contributed by atoms with E-state index >= 15 is 0 Å². The average Bonchev–Trinajstić information content (AvgIpc) is 2.53. The molecule has 5 heteroatoms. The van der Waals surface area contributed by atoms with Crippen LogP contribution in [-0.2, 0) is 23.1 Å². The molecule has 2 aromatic rings. The van der Waals surface area contributed by atoms with Crippen LogP contribution in [0.25, 0.3) is 0 Å². The van der Waals surface area contributed by atoms with Gasteiger partial charge in [-0.05, 0) is 42.5 Å². The van der Waals surface area contributed by atoms with Gasteiger partial charge >= 0.3 is 0 Å². The molecule has 23 heavy (non-hydrogen) atoms. The van der Waals surface area contributed by atoms with Crippen molar-refractivity contribution in [1.29, 1.82) is 0 Å². The lowest BCUT2D eigenvalue weighted by atomic mass is 10.1. The van der Waals surface area contributed by atoms with Gasteiger partial charge in [0.2, 0.25) is 0 Å². The summed E-state index contributed by atoms with van der Waals surface area (Å²) in [5.74, 6) is 0.678. The Balaban J connectivity index is 1.76. The largest absolute Gasteiger partial charge is 0.489 e. The highest BCUT2D eigenvalue weighted by molar-refractivity contribution is 7.85. The van der Waals surface area contributed by atoms with Crippen LogP contribution in [0.15, 0.2) is 54.6 Å². The highest BCUT2D eigenvalue weighted by Gasteiger charge is 2.04. The van der Waals surface area contributed by atoms with Crippen molar-refractivity contribution in [2.45, 2.75) is 32.3 Å². The second-order valence-electron chi connectivity index (χ2n) is 5.52. The zero-order valence-corrected chi connectivity index (χ0v) is 13.8. The molecule has 124 valence electrons. The molecule has 0 bridgehead atoms. The molecule has 0 aliphatic carbocycles. The Morgan fingerprint density at radius 3 is 2.35 bits per heavy atom. The Hall–Kier alpha value is -1.85. The first kappa shape index (κ1) is 17.5. The van der Waals surface area contributed by atoms with Crippen LogP contribution in [0.5, 0.6) is 5.75 Å². The summed E-state index contributed by atoms with van der Waals surface area (Å²) in [5.41, 5.74) is 2.30. The Kier molecular flexibility index (Phi) is 6.62. The van der Waals surface area contributed by atoms with E-state index in [9.17, 15) is 8.42 Å². The van der Waals surface area contributed by atoms with Gasteiger partial charge in [0.05, 0.1) is 5.75 Å². The minimum atomic E-state index is -3.83. The van der Waals surface area contributed by atoms with Crippen LogP contribution < -0.4 is 4.74 Å². The van der Waals surface area contributed by atoms with Crippen molar-refractivity contribution >= 4 is 10.1 Å². The number of hydrogen-bond donors (Lipinski definition) is 1. The fourth-order valence-corrected chi connectivity index (χ4v) is 2.89. The number of ether oxygens (including phenoxy) is 1. The van der Waals surface area contributed by atoms with Crippen molar-refractivity contribution in [3.8, 4) is 5.75 Å². The van der Waals surface area contributed by atoms with Gasteiger partial charge in [0.25, 0.3) is 10.1 Å². The van der Waals surface area contributed by atoms with Gasteiger partial charge in [-0.3, -0.25) is 4.55 Å². The third-order valence-corrected chi connectivity index (χ3v) is 4.32. The zero-order valence-electron chi connectivity index (χ0n) is 13.0. The van der Waals surface area contributed by atoms with E-state index in [2.05, 4.69) is 0 Å². The number of hydrogen-bond acceptors (Lipinski definition) is 3. The Labute approximate surface area is 137 Å². The molecule has 0 aromatic heterocycles. The monoisotopic (exact) mass is 334 g/mol. The van der Waals surface area contributed by atoms with E-state index in [0.29, 0.717) is 13.0 Å². The lowest BCUT2D eigenvalue weighted by molar-refractivity contribution is 0.306. The van der Waals surface area contributed by atoms with Crippen molar-refractivity contribution in [3.05, 3.63) is 65.7 Å². The molecule has 0 saturated heterocycles. The van der Waals surface area contributed by atoms with Crippen LogP contribution in [0.3, 0.4) is 0 Å². The fourth-order valence-electron chi connectivity index (χ4n) is 2.32. The zero-order chi connectivity index (χ0) is 16.5. The highest BCUT2D eigenvalue weighted by atomic mass is 32.2. The SMILES string of the molecule is O=S(=O)(O)CCCCCc1cccc(OCc2ccccc2)c1. The Morgan fingerprint density at radius 2 is 1.61 bits per heavy atom. The van der Waals surface area contributed by atoms with E-state index in [1.807, 2.05) is 54.6 Å². The van der Waals surface area contributed by atoms with Crippen LogP contribution in [0.2, 0.25) is 0 Å². The van der Waals surface area contributed by atoms with Crippen molar-refractivity contribution < 1.29 is 17.7 Å². The molecule has 2 aromatic carbocycles. The van der Waals surface area contributed by atoms with Crippen molar-refractivity contribution in [2.24, 2.45) is 0 Å². The maximum Gasteiger partial charge on any atom is 0.264 e. The van der Waals surface area contributed by atoms with E-state index in [0.717, 1.165) is 30.6 Å². The highest BCUT2D eigenvalue weighted by Crippen LogP contribution is 2.17. The molecular weight excluding hydrogens is 312 g/mol. The van der Waals surface area contributed by atoms with Crippen molar-refractivity contribution in [2.75, 3.05) is 5.75 Å². The van der Waals surface area contributed by atoms with Crippen LogP contribution in [0.1, 0.15) is 30.4 Å². The van der Waals surface area contributed by atoms with Gasteiger partial charge in [0.1, 0.15) is 12.4 Å². The first-order chi connectivity index (χ1) is 11.0. The number of aryl methyl sites for hydroxylation is 1. The van der Waals surface area contributed by atoms with Crippen molar-refractivity contribution in [1.82, 2.24) is 0 Å². The molecule has 0 heterocycles. The first-order valence-corrected chi connectivity index (χ1v) is 9.35. The van der Waals surface area contributed by atoms with Crippen LogP contribution >= 0.6 is 0 Å².